The molecule has 110 valence electrons. The number of carboxylic acids is 1. The van der Waals surface area contributed by atoms with Crippen LogP contribution in [0.2, 0.25) is 0 Å². The van der Waals surface area contributed by atoms with Gasteiger partial charge < -0.3 is 20.0 Å². The van der Waals surface area contributed by atoms with Crippen molar-refractivity contribution in [1.82, 2.24) is 5.32 Å². The van der Waals surface area contributed by atoms with Gasteiger partial charge in [0, 0.05) is 0 Å². The Bertz CT molecular complexity index is 474. The van der Waals surface area contributed by atoms with Crippen LogP contribution in [0.5, 0.6) is 5.75 Å². The van der Waals surface area contributed by atoms with Crippen LogP contribution in [0.15, 0.2) is 24.3 Å². The number of aliphatic carboxylic acids is 1. The van der Waals surface area contributed by atoms with Gasteiger partial charge in [0.25, 0.3) is 5.91 Å². The third kappa shape index (κ3) is 4.91. The van der Waals surface area contributed by atoms with E-state index in [2.05, 4.69) is 26.1 Å². The molecule has 1 aromatic rings. The van der Waals surface area contributed by atoms with Crippen molar-refractivity contribution in [3.05, 3.63) is 29.8 Å². The van der Waals surface area contributed by atoms with Crippen LogP contribution in [0.4, 0.5) is 0 Å². The second-order valence-electron chi connectivity index (χ2n) is 5.67. The van der Waals surface area contributed by atoms with Crippen molar-refractivity contribution >= 4 is 11.9 Å². The summed E-state index contributed by atoms with van der Waals surface area (Å²) in [7, 11) is 0. The molecule has 0 saturated heterocycles. The molecule has 0 radical (unpaired) electrons. The smallest absolute Gasteiger partial charge is 0.258 e. The molecule has 0 fully saturated rings. The summed E-state index contributed by atoms with van der Waals surface area (Å²) < 4.78 is 5.29. The minimum absolute atomic E-state index is 0.0554. The molecular weight excluding hydrogens is 258 g/mol. The molecule has 5 heteroatoms. The molecule has 0 spiro atoms. The zero-order chi connectivity index (χ0) is 15.3. The van der Waals surface area contributed by atoms with Crippen LogP contribution in [0, 0.1) is 0 Å². The Balaban J connectivity index is 2.50. The lowest BCUT2D eigenvalue weighted by atomic mass is 9.87. The lowest BCUT2D eigenvalue weighted by Crippen LogP contribution is -2.47. The van der Waals surface area contributed by atoms with Crippen molar-refractivity contribution in [1.29, 1.82) is 0 Å². The van der Waals surface area contributed by atoms with E-state index < -0.39 is 17.9 Å². The highest BCUT2D eigenvalue weighted by Crippen LogP contribution is 2.24. The Morgan fingerprint density at radius 2 is 1.80 bits per heavy atom. The van der Waals surface area contributed by atoms with E-state index in [0.717, 1.165) is 0 Å². The number of rotatable bonds is 5. The van der Waals surface area contributed by atoms with Crippen molar-refractivity contribution in [2.75, 3.05) is 6.61 Å². The van der Waals surface area contributed by atoms with Crippen LogP contribution in [-0.4, -0.2) is 24.5 Å². The summed E-state index contributed by atoms with van der Waals surface area (Å²) >= 11 is 0. The summed E-state index contributed by atoms with van der Waals surface area (Å²) in [5.41, 5.74) is 1.22. The van der Waals surface area contributed by atoms with Gasteiger partial charge in [0.2, 0.25) is 0 Å². The summed E-state index contributed by atoms with van der Waals surface area (Å²) in [6.45, 7) is 7.44. The summed E-state index contributed by atoms with van der Waals surface area (Å²) in [6, 6.07) is 6.43. The normalized spacial score (nSPS) is 12.6. The number of nitrogens with one attached hydrogen (secondary N) is 1. The van der Waals surface area contributed by atoms with Gasteiger partial charge in [0.15, 0.2) is 6.61 Å². The lowest BCUT2D eigenvalue weighted by Gasteiger charge is -2.19. The molecule has 1 aromatic carbocycles. The van der Waals surface area contributed by atoms with Gasteiger partial charge in [-0.05, 0) is 30.0 Å². The molecule has 0 aliphatic heterocycles. The molecule has 0 bridgehead atoms. The summed E-state index contributed by atoms with van der Waals surface area (Å²) in [6.07, 6.45) is 0. The van der Waals surface area contributed by atoms with Gasteiger partial charge in [0.05, 0.1) is 12.0 Å². The predicted molar refractivity (Wildman–Crippen MR) is 73.2 cm³/mol. The van der Waals surface area contributed by atoms with Crippen LogP contribution < -0.4 is 15.2 Å². The molecule has 0 saturated carbocycles. The van der Waals surface area contributed by atoms with Gasteiger partial charge in [-0.1, -0.05) is 32.9 Å². The zero-order valence-electron chi connectivity index (χ0n) is 12.2. The number of hydrogen-bond acceptors (Lipinski definition) is 4. The quantitative estimate of drug-likeness (QED) is 0.856. The molecule has 1 N–H and O–H groups in total. The monoisotopic (exact) mass is 278 g/mol. The van der Waals surface area contributed by atoms with Gasteiger partial charge in [-0.3, -0.25) is 4.79 Å². The molecular formula is C15H20NO4-. The average Bonchev–Trinajstić information content (AvgIpc) is 2.35. The third-order valence-corrected chi connectivity index (χ3v) is 2.82. The molecule has 1 amide bonds. The molecule has 0 aliphatic rings. The highest BCUT2D eigenvalue weighted by atomic mass is 16.5. The zero-order valence-corrected chi connectivity index (χ0v) is 12.2. The van der Waals surface area contributed by atoms with E-state index in [4.69, 9.17) is 4.74 Å². The molecule has 0 unspecified atom stereocenters. The maximum absolute atomic E-state index is 11.4. The minimum Gasteiger partial charge on any atom is -0.548 e. The number of carbonyl (C=O) groups is 2. The third-order valence-electron chi connectivity index (χ3n) is 2.82. The van der Waals surface area contributed by atoms with Crippen LogP contribution in [0.3, 0.4) is 0 Å². The van der Waals surface area contributed by atoms with E-state index in [1.165, 1.54) is 12.5 Å². The fourth-order valence-electron chi connectivity index (χ4n) is 1.54. The van der Waals surface area contributed by atoms with E-state index >= 15 is 0 Å². The van der Waals surface area contributed by atoms with Crippen LogP contribution in [0.1, 0.15) is 33.3 Å². The van der Waals surface area contributed by atoms with E-state index in [9.17, 15) is 14.7 Å². The Morgan fingerprint density at radius 3 is 2.25 bits per heavy atom. The minimum atomic E-state index is -1.33. The molecule has 0 heterocycles. The van der Waals surface area contributed by atoms with Gasteiger partial charge in [0.1, 0.15) is 5.75 Å². The standard InChI is InChI=1S/C15H21NO4/c1-10(14(18)19)16-13(17)9-20-12-7-5-11(6-8-12)15(2,3)4/h5-8,10H,9H2,1-4H3,(H,16,17)(H,18,19)/p-1/t10-/m1/s1. The number of benzene rings is 1. The number of carboxylic acid groups (broad SMARTS) is 1. The molecule has 1 atom stereocenters. The van der Waals surface area contributed by atoms with Gasteiger partial charge >= 0.3 is 0 Å². The van der Waals surface area contributed by atoms with Crippen molar-refractivity contribution in [3.8, 4) is 5.75 Å². The summed E-state index contributed by atoms with van der Waals surface area (Å²) in [5, 5.41) is 12.7. The Hall–Kier alpha value is -2.04. The molecule has 5 nitrogen and oxygen atoms in total. The molecule has 20 heavy (non-hydrogen) atoms. The average molecular weight is 278 g/mol. The van der Waals surface area contributed by atoms with Gasteiger partial charge in [-0.15, -0.1) is 0 Å². The largest absolute Gasteiger partial charge is 0.548 e. The van der Waals surface area contributed by atoms with E-state index in [1.54, 1.807) is 12.1 Å². The maximum atomic E-state index is 11.4. The van der Waals surface area contributed by atoms with Gasteiger partial charge in [-0.2, -0.15) is 0 Å². The SMILES string of the molecule is C[C@@H](NC(=O)COc1ccc(C(C)(C)C)cc1)C(=O)[O-]. The Kier molecular flexibility index (Phi) is 5.13. The van der Waals surface area contributed by atoms with Crippen molar-refractivity contribution < 1.29 is 19.4 Å². The lowest BCUT2D eigenvalue weighted by molar-refractivity contribution is -0.307. The fourth-order valence-corrected chi connectivity index (χ4v) is 1.54. The molecule has 0 aromatic heterocycles. The van der Waals surface area contributed by atoms with Gasteiger partial charge in [-0.25, -0.2) is 0 Å². The first-order chi connectivity index (χ1) is 9.20. The first-order valence-electron chi connectivity index (χ1n) is 6.43. The number of ether oxygens (including phenoxy) is 1. The number of carbonyl (C=O) groups excluding carboxylic acids is 2. The summed E-state index contributed by atoms with van der Waals surface area (Å²) in [5.74, 6) is -1.26. The van der Waals surface area contributed by atoms with Crippen LogP contribution in [-0.2, 0) is 15.0 Å². The highest BCUT2D eigenvalue weighted by molar-refractivity contribution is 5.83. The Morgan fingerprint density at radius 1 is 1.25 bits per heavy atom. The fraction of sp³-hybridized carbons (Fsp3) is 0.467. The predicted octanol–water partition coefficient (Wildman–Crippen LogP) is 0.617. The molecule has 1 rings (SSSR count). The summed E-state index contributed by atoms with van der Waals surface area (Å²) in [4.78, 5) is 21.9. The van der Waals surface area contributed by atoms with E-state index in [-0.39, 0.29) is 12.0 Å². The second kappa shape index (κ2) is 6.41. The second-order valence-corrected chi connectivity index (χ2v) is 5.67. The first-order valence-corrected chi connectivity index (χ1v) is 6.43. The van der Waals surface area contributed by atoms with Crippen molar-refractivity contribution in [2.24, 2.45) is 0 Å². The van der Waals surface area contributed by atoms with E-state index in [0.29, 0.717) is 5.75 Å². The number of amides is 1. The maximum Gasteiger partial charge on any atom is 0.258 e. The van der Waals surface area contributed by atoms with E-state index in [1.807, 2.05) is 12.1 Å². The van der Waals surface area contributed by atoms with Crippen LogP contribution >= 0.6 is 0 Å². The number of hydrogen-bond donors (Lipinski definition) is 1. The van der Waals surface area contributed by atoms with Crippen molar-refractivity contribution in [3.63, 3.8) is 0 Å². The van der Waals surface area contributed by atoms with Crippen molar-refractivity contribution in [2.45, 2.75) is 39.2 Å². The highest BCUT2D eigenvalue weighted by Gasteiger charge is 2.13. The first kappa shape index (κ1) is 16.0. The molecule has 0 aliphatic carbocycles. The van der Waals surface area contributed by atoms with Crippen LogP contribution in [0.25, 0.3) is 0 Å². The topological polar surface area (TPSA) is 78.5 Å². The Labute approximate surface area is 118 Å².